The van der Waals surface area contributed by atoms with E-state index in [9.17, 15) is 4.79 Å². The SMILES string of the molecule is CCCC(=O)OC=C(C)C. The highest BCUT2D eigenvalue weighted by Gasteiger charge is 1.96. The van der Waals surface area contributed by atoms with E-state index in [2.05, 4.69) is 0 Å². The van der Waals surface area contributed by atoms with Crippen molar-refractivity contribution in [3.05, 3.63) is 11.8 Å². The van der Waals surface area contributed by atoms with Gasteiger partial charge in [-0.05, 0) is 25.8 Å². The molecule has 0 aliphatic heterocycles. The lowest BCUT2D eigenvalue weighted by Gasteiger charge is -1.95. The zero-order valence-electron chi connectivity index (χ0n) is 6.81. The molecule has 0 amide bonds. The van der Waals surface area contributed by atoms with Crippen molar-refractivity contribution in [3.8, 4) is 0 Å². The van der Waals surface area contributed by atoms with Gasteiger partial charge in [-0.25, -0.2) is 0 Å². The van der Waals surface area contributed by atoms with Gasteiger partial charge in [0, 0.05) is 6.42 Å². The van der Waals surface area contributed by atoms with Crippen LogP contribution in [0.4, 0.5) is 0 Å². The molecule has 0 atom stereocenters. The van der Waals surface area contributed by atoms with Crippen LogP contribution in [0.2, 0.25) is 0 Å². The third-order valence-electron chi connectivity index (χ3n) is 0.880. The summed E-state index contributed by atoms with van der Waals surface area (Å²) in [6, 6.07) is 0. The van der Waals surface area contributed by atoms with Crippen LogP contribution in [0, 0.1) is 0 Å². The molecule has 0 heterocycles. The number of hydrogen-bond acceptors (Lipinski definition) is 2. The highest BCUT2D eigenvalue weighted by Crippen LogP contribution is 1.94. The van der Waals surface area contributed by atoms with Crippen molar-refractivity contribution >= 4 is 5.97 Å². The Hall–Kier alpha value is -0.790. The van der Waals surface area contributed by atoms with Crippen molar-refractivity contribution in [1.82, 2.24) is 0 Å². The first-order valence-electron chi connectivity index (χ1n) is 3.49. The van der Waals surface area contributed by atoms with Crippen LogP contribution in [0.3, 0.4) is 0 Å². The maximum Gasteiger partial charge on any atom is 0.310 e. The minimum absolute atomic E-state index is 0.149. The van der Waals surface area contributed by atoms with Gasteiger partial charge in [0.15, 0.2) is 0 Å². The molecule has 0 spiro atoms. The van der Waals surface area contributed by atoms with Crippen LogP contribution in [-0.2, 0) is 9.53 Å². The topological polar surface area (TPSA) is 26.3 Å². The lowest BCUT2D eigenvalue weighted by atomic mass is 10.3. The Morgan fingerprint density at radius 1 is 1.50 bits per heavy atom. The van der Waals surface area contributed by atoms with Crippen LogP contribution in [0.25, 0.3) is 0 Å². The second-order valence-electron chi connectivity index (χ2n) is 2.44. The third kappa shape index (κ3) is 5.35. The van der Waals surface area contributed by atoms with Gasteiger partial charge in [-0.2, -0.15) is 0 Å². The Bertz CT molecular complexity index is 132. The molecule has 0 bridgehead atoms. The zero-order valence-corrected chi connectivity index (χ0v) is 6.81. The average Bonchev–Trinajstić information content (AvgIpc) is 1.85. The Kier molecular flexibility index (Phi) is 4.63. The Labute approximate surface area is 61.9 Å². The average molecular weight is 142 g/mol. The molecule has 10 heavy (non-hydrogen) atoms. The molecule has 0 aliphatic carbocycles. The summed E-state index contributed by atoms with van der Waals surface area (Å²) in [7, 11) is 0. The normalized spacial score (nSPS) is 8.70. The van der Waals surface area contributed by atoms with Crippen LogP contribution in [0.1, 0.15) is 33.6 Å². The van der Waals surface area contributed by atoms with Crippen molar-refractivity contribution in [3.63, 3.8) is 0 Å². The Balaban J connectivity index is 3.49. The third-order valence-corrected chi connectivity index (χ3v) is 0.880. The number of rotatable bonds is 3. The van der Waals surface area contributed by atoms with Crippen LogP contribution < -0.4 is 0 Å². The predicted molar refractivity (Wildman–Crippen MR) is 40.4 cm³/mol. The fourth-order valence-electron chi connectivity index (χ4n) is 0.447. The molecule has 58 valence electrons. The summed E-state index contributed by atoms with van der Waals surface area (Å²) in [5.41, 5.74) is 1.00. The van der Waals surface area contributed by atoms with Crippen molar-refractivity contribution in [1.29, 1.82) is 0 Å². The molecule has 0 unspecified atom stereocenters. The molecule has 2 nitrogen and oxygen atoms in total. The first-order chi connectivity index (χ1) is 4.66. The van der Waals surface area contributed by atoms with Gasteiger partial charge in [0.25, 0.3) is 0 Å². The molecule has 0 radical (unpaired) electrons. The molecule has 0 aliphatic rings. The highest BCUT2D eigenvalue weighted by atomic mass is 16.5. The standard InChI is InChI=1S/C8H14O2/c1-4-5-8(9)10-6-7(2)3/h6H,4-5H2,1-3H3. The number of carbonyl (C=O) groups is 1. The van der Waals surface area contributed by atoms with Gasteiger partial charge in [0.1, 0.15) is 0 Å². The minimum Gasteiger partial charge on any atom is -0.435 e. The smallest absolute Gasteiger partial charge is 0.310 e. The predicted octanol–water partition coefficient (Wildman–Crippen LogP) is 2.25. The second-order valence-corrected chi connectivity index (χ2v) is 2.44. The Morgan fingerprint density at radius 2 is 2.10 bits per heavy atom. The molecule has 0 aromatic carbocycles. The molecule has 2 heteroatoms. The summed E-state index contributed by atoms with van der Waals surface area (Å²) in [5.74, 6) is -0.149. The number of hydrogen-bond donors (Lipinski definition) is 0. The molecule has 0 aromatic heterocycles. The van der Waals surface area contributed by atoms with Gasteiger partial charge in [0.2, 0.25) is 0 Å². The first-order valence-corrected chi connectivity index (χ1v) is 3.49. The van der Waals surface area contributed by atoms with E-state index in [1.807, 2.05) is 20.8 Å². The molecular weight excluding hydrogens is 128 g/mol. The number of ether oxygens (including phenoxy) is 1. The monoisotopic (exact) mass is 142 g/mol. The summed E-state index contributed by atoms with van der Waals surface area (Å²) in [4.78, 5) is 10.7. The summed E-state index contributed by atoms with van der Waals surface area (Å²) in [5, 5.41) is 0. The van der Waals surface area contributed by atoms with Crippen LogP contribution in [0.5, 0.6) is 0 Å². The van der Waals surface area contributed by atoms with E-state index in [1.165, 1.54) is 6.26 Å². The van der Waals surface area contributed by atoms with E-state index in [-0.39, 0.29) is 5.97 Å². The van der Waals surface area contributed by atoms with E-state index in [0.717, 1.165) is 12.0 Å². The largest absolute Gasteiger partial charge is 0.435 e. The summed E-state index contributed by atoms with van der Waals surface area (Å²) in [6.07, 6.45) is 2.83. The number of esters is 1. The van der Waals surface area contributed by atoms with Gasteiger partial charge in [-0.1, -0.05) is 6.92 Å². The minimum atomic E-state index is -0.149. The summed E-state index contributed by atoms with van der Waals surface area (Å²) in [6.45, 7) is 5.72. The van der Waals surface area contributed by atoms with Crippen LogP contribution in [0.15, 0.2) is 11.8 Å². The summed E-state index contributed by atoms with van der Waals surface area (Å²) < 4.78 is 4.74. The van der Waals surface area contributed by atoms with Crippen molar-refractivity contribution in [2.75, 3.05) is 0 Å². The maximum atomic E-state index is 10.7. The van der Waals surface area contributed by atoms with Gasteiger partial charge in [-0.3, -0.25) is 4.79 Å². The summed E-state index contributed by atoms with van der Waals surface area (Å²) >= 11 is 0. The fourth-order valence-corrected chi connectivity index (χ4v) is 0.447. The maximum absolute atomic E-state index is 10.7. The first kappa shape index (κ1) is 9.21. The lowest BCUT2D eigenvalue weighted by Crippen LogP contribution is -1.97. The van der Waals surface area contributed by atoms with E-state index in [1.54, 1.807) is 0 Å². The van der Waals surface area contributed by atoms with Gasteiger partial charge < -0.3 is 4.74 Å². The van der Waals surface area contributed by atoms with Gasteiger partial charge >= 0.3 is 5.97 Å². The molecule has 0 fully saturated rings. The van der Waals surface area contributed by atoms with Crippen LogP contribution >= 0.6 is 0 Å². The Morgan fingerprint density at radius 3 is 2.50 bits per heavy atom. The zero-order chi connectivity index (χ0) is 7.98. The molecular formula is C8H14O2. The highest BCUT2D eigenvalue weighted by molar-refractivity contribution is 5.69. The van der Waals surface area contributed by atoms with E-state index in [0.29, 0.717) is 6.42 Å². The van der Waals surface area contributed by atoms with Crippen molar-refractivity contribution in [2.45, 2.75) is 33.6 Å². The molecule has 0 saturated heterocycles. The van der Waals surface area contributed by atoms with Gasteiger partial charge in [-0.15, -0.1) is 0 Å². The number of carbonyl (C=O) groups excluding carboxylic acids is 1. The molecule has 0 saturated carbocycles. The number of allylic oxidation sites excluding steroid dienone is 1. The van der Waals surface area contributed by atoms with E-state index < -0.39 is 0 Å². The molecule has 0 aromatic rings. The fraction of sp³-hybridized carbons (Fsp3) is 0.625. The van der Waals surface area contributed by atoms with Crippen molar-refractivity contribution < 1.29 is 9.53 Å². The molecule has 0 N–H and O–H groups in total. The van der Waals surface area contributed by atoms with Crippen LogP contribution in [-0.4, -0.2) is 5.97 Å². The van der Waals surface area contributed by atoms with E-state index >= 15 is 0 Å². The van der Waals surface area contributed by atoms with Crippen molar-refractivity contribution in [2.24, 2.45) is 0 Å². The lowest BCUT2D eigenvalue weighted by molar-refractivity contribution is -0.138. The van der Waals surface area contributed by atoms with E-state index in [4.69, 9.17) is 4.74 Å². The quantitative estimate of drug-likeness (QED) is 0.446. The van der Waals surface area contributed by atoms with Gasteiger partial charge in [0.05, 0.1) is 6.26 Å². The second kappa shape index (κ2) is 5.03. The molecule has 0 rings (SSSR count).